The number of amides is 1. The molecule has 10 nitrogen and oxygen atoms in total. The van der Waals surface area contributed by atoms with Gasteiger partial charge in [-0.15, -0.1) is 0 Å². The third-order valence-electron chi connectivity index (χ3n) is 7.20. The van der Waals surface area contributed by atoms with E-state index < -0.39 is 22.0 Å². The number of carboxylic acids is 1. The summed E-state index contributed by atoms with van der Waals surface area (Å²) in [7, 11) is -4.06. The highest BCUT2D eigenvalue weighted by Crippen LogP contribution is 2.28. The van der Waals surface area contributed by atoms with E-state index in [1.807, 2.05) is 0 Å². The van der Waals surface area contributed by atoms with E-state index in [4.69, 9.17) is 5.11 Å². The van der Waals surface area contributed by atoms with Crippen LogP contribution in [0.2, 0.25) is 0 Å². The fourth-order valence-electron chi connectivity index (χ4n) is 5.01. The fourth-order valence-corrected chi connectivity index (χ4v) is 6.45. The molecule has 1 aliphatic heterocycles. The van der Waals surface area contributed by atoms with Gasteiger partial charge in [-0.2, -0.15) is 9.98 Å². The summed E-state index contributed by atoms with van der Waals surface area (Å²) in [5, 5.41) is 19.0. The number of carbonyl (C=O) groups is 2. The molecule has 1 aromatic carbocycles. The van der Waals surface area contributed by atoms with Gasteiger partial charge in [-0.25, -0.2) is 8.42 Å². The maximum atomic E-state index is 13.7. The Kier molecular flexibility index (Phi) is 8.00. The number of nitrogens with zero attached hydrogens (tertiary/aromatic N) is 3. The highest BCUT2D eigenvalue weighted by Gasteiger charge is 2.34. The molecular formula is C26H31N5O5S. The number of hydrogen-bond acceptors (Lipinski definition) is 5. The summed E-state index contributed by atoms with van der Waals surface area (Å²) in [6.45, 7) is 3.19. The number of likely N-dealkylation sites (tertiary alicyclic amines) is 1. The molecule has 37 heavy (non-hydrogen) atoms. The van der Waals surface area contributed by atoms with Crippen LogP contribution in [0.1, 0.15) is 38.3 Å². The van der Waals surface area contributed by atoms with Gasteiger partial charge in [-0.1, -0.05) is 13.0 Å². The Hall–Kier alpha value is -3.62. The van der Waals surface area contributed by atoms with Crippen molar-refractivity contribution < 1.29 is 23.1 Å². The predicted molar refractivity (Wildman–Crippen MR) is 137 cm³/mol. The monoisotopic (exact) mass is 525 g/mol. The number of benzene rings is 1. The van der Waals surface area contributed by atoms with Gasteiger partial charge in [-0.05, 0) is 61.4 Å². The Labute approximate surface area is 215 Å². The summed E-state index contributed by atoms with van der Waals surface area (Å²) in [6.07, 6.45) is 4.73. The lowest BCUT2D eigenvalue weighted by atomic mass is 9.83. The number of H-pyrrole nitrogens is 1. The number of hydrogen-bond donors (Lipinski definition) is 3. The second-order valence-electron chi connectivity index (χ2n) is 9.60. The second-order valence-corrected chi connectivity index (χ2v) is 11.3. The lowest BCUT2D eigenvalue weighted by Crippen LogP contribution is -2.52. The van der Waals surface area contributed by atoms with Crippen LogP contribution in [0.15, 0.2) is 53.7 Å². The fraction of sp³-hybridized carbons (Fsp3) is 0.423. The molecule has 0 saturated carbocycles. The van der Waals surface area contributed by atoms with Crippen LogP contribution in [0.25, 0.3) is 10.9 Å². The van der Waals surface area contributed by atoms with Crippen molar-refractivity contribution in [2.45, 2.75) is 50.1 Å². The molecule has 0 radical (unpaired) electrons. The second kappa shape index (κ2) is 11.2. The third kappa shape index (κ3) is 6.03. The molecule has 1 saturated heterocycles. The maximum Gasteiger partial charge on any atom is 0.303 e. The van der Waals surface area contributed by atoms with E-state index in [9.17, 15) is 23.3 Å². The number of aliphatic carboxylic acids is 1. The number of aromatic amines is 1. The van der Waals surface area contributed by atoms with Crippen LogP contribution in [0.5, 0.6) is 0 Å². The summed E-state index contributed by atoms with van der Waals surface area (Å²) in [6, 6.07) is 11.0. The van der Waals surface area contributed by atoms with Crippen molar-refractivity contribution in [3.05, 3.63) is 54.5 Å². The van der Waals surface area contributed by atoms with E-state index >= 15 is 0 Å². The minimum atomic E-state index is -4.06. The quantitative estimate of drug-likeness (QED) is 0.371. The molecular weight excluding hydrogens is 494 g/mol. The smallest absolute Gasteiger partial charge is 0.303 e. The van der Waals surface area contributed by atoms with Gasteiger partial charge in [0.05, 0.1) is 4.90 Å². The van der Waals surface area contributed by atoms with E-state index in [-0.39, 0.29) is 42.0 Å². The van der Waals surface area contributed by atoms with Crippen molar-refractivity contribution >= 4 is 32.8 Å². The highest BCUT2D eigenvalue weighted by atomic mass is 32.2. The zero-order valence-corrected chi connectivity index (χ0v) is 21.4. The first kappa shape index (κ1) is 26.4. The molecule has 1 fully saturated rings. The van der Waals surface area contributed by atoms with Crippen molar-refractivity contribution in [2.75, 3.05) is 13.1 Å². The molecule has 0 aliphatic carbocycles. The number of sulfonamides is 1. The van der Waals surface area contributed by atoms with E-state index in [0.717, 1.165) is 0 Å². The first-order valence-electron chi connectivity index (χ1n) is 12.3. The summed E-state index contributed by atoms with van der Waals surface area (Å²) in [5.41, 5.74) is 1.09. The SMILES string of the molecule is C[C@@H]1CCN(C(=O)C(CCn2cccc2C#N)NS(=O)(=O)c2cccc3[nH]ccc23)C[C@@H]1CCC(=O)O. The number of rotatable bonds is 10. The first-order valence-corrected chi connectivity index (χ1v) is 13.8. The van der Waals surface area contributed by atoms with Crippen LogP contribution < -0.4 is 4.72 Å². The molecule has 0 spiro atoms. The number of nitrogens with one attached hydrogen (secondary N) is 2. The zero-order valence-electron chi connectivity index (χ0n) is 20.6. The minimum Gasteiger partial charge on any atom is -0.481 e. The van der Waals surface area contributed by atoms with Crippen molar-refractivity contribution in [3.63, 3.8) is 0 Å². The van der Waals surface area contributed by atoms with Gasteiger partial charge in [-0.3, -0.25) is 9.59 Å². The van der Waals surface area contributed by atoms with E-state index in [1.165, 1.54) is 6.07 Å². The molecule has 4 rings (SSSR count). The first-order chi connectivity index (χ1) is 17.7. The lowest BCUT2D eigenvalue weighted by Gasteiger charge is -2.38. The van der Waals surface area contributed by atoms with Crippen LogP contribution >= 0.6 is 0 Å². The van der Waals surface area contributed by atoms with E-state index in [2.05, 4.69) is 22.7 Å². The molecule has 11 heteroatoms. The zero-order chi connectivity index (χ0) is 26.6. The van der Waals surface area contributed by atoms with Crippen LogP contribution in [-0.4, -0.2) is 59.0 Å². The summed E-state index contributed by atoms with van der Waals surface area (Å²) in [5.74, 6) is -0.931. The molecule has 3 aromatic rings. The predicted octanol–water partition coefficient (Wildman–Crippen LogP) is 2.93. The van der Waals surface area contributed by atoms with E-state index in [1.54, 1.807) is 52.2 Å². The van der Waals surface area contributed by atoms with Crippen molar-refractivity contribution in [1.82, 2.24) is 19.2 Å². The van der Waals surface area contributed by atoms with Gasteiger partial charge in [0.1, 0.15) is 17.8 Å². The summed E-state index contributed by atoms with van der Waals surface area (Å²) < 4.78 is 31.3. The van der Waals surface area contributed by atoms with Crippen molar-refractivity contribution in [3.8, 4) is 6.07 Å². The number of carbonyl (C=O) groups excluding carboxylic acids is 1. The molecule has 1 unspecified atom stereocenters. The van der Waals surface area contributed by atoms with Gasteiger partial charge >= 0.3 is 5.97 Å². The standard InChI is InChI=1S/C26H31N5O5S/c1-18-10-14-31(17-19(18)7-8-25(32)33)26(34)23(11-15-30-13-3-4-20(30)16-27)29-37(35,36)24-6-2-5-22-21(24)9-12-28-22/h2-6,9,12-13,18-19,23,28-29H,7-8,10-11,14-15,17H2,1H3,(H,32,33)/t18-,19+,23?/m1/s1. The van der Waals surface area contributed by atoms with Gasteiger partial charge in [0.2, 0.25) is 15.9 Å². The van der Waals surface area contributed by atoms with Gasteiger partial charge in [0.25, 0.3) is 0 Å². The number of aryl methyl sites for hydroxylation is 1. The van der Waals surface area contributed by atoms with Gasteiger partial charge in [0.15, 0.2) is 0 Å². The normalized spacial score (nSPS) is 19.0. The molecule has 3 heterocycles. The Morgan fingerprint density at radius 2 is 2.08 bits per heavy atom. The Balaban J connectivity index is 1.58. The molecule has 2 aromatic heterocycles. The van der Waals surface area contributed by atoms with Gasteiger partial charge in [0, 0.05) is 49.4 Å². The third-order valence-corrected chi connectivity index (χ3v) is 8.73. The molecule has 1 aliphatic rings. The van der Waals surface area contributed by atoms with Gasteiger partial charge < -0.3 is 19.6 Å². The average molecular weight is 526 g/mol. The Bertz CT molecular complexity index is 1420. The number of aromatic nitrogens is 2. The molecule has 3 N–H and O–H groups in total. The number of nitriles is 1. The number of carboxylic acid groups (broad SMARTS) is 1. The number of piperidine rings is 1. The lowest BCUT2D eigenvalue weighted by molar-refractivity contribution is -0.138. The average Bonchev–Trinajstić information content (AvgIpc) is 3.54. The van der Waals surface area contributed by atoms with Crippen molar-refractivity contribution in [1.29, 1.82) is 5.26 Å². The Morgan fingerprint density at radius 3 is 2.84 bits per heavy atom. The van der Waals surface area contributed by atoms with E-state index in [0.29, 0.717) is 42.5 Å². The van der Waals surface area contributed by atoms with Crippen LogP contribution in [0.3, 0.4) is 0 Å². The largest absolute Gasteiger partial charge is 0.481 e. The number of fused-ring (bicyclic) bond motifs is 1. The summed E-state index contributed by atoms with van der Waals surface area (Å²) in [4.78, 5) is 29.6. The molecule has 196 valence electrons. The minimum absolute atomic E-state index is 0.0225. The Morgan fingerprint density at radius 1 is 1.27 bits per heavy atom. The highest BCUT2D eigenvalue weighted by molar-refractivity contribution is 7.89. The van der Waals surface area contributed by atoms with Crippen LogP contribution in [0.4, 0.5) is 0 Å². The topological polar surface area (TPSA) is 148 Å². The summed E-state index contributed by atoms with van der Waals surface area (Å²) >= 11 is 0. The van der Waals surface area contributed by atoms with Crippen LogP contribution in [-0.2, 0) is 26.2 Å². The molecule has 3 atom stereocenters. The molecule has 0 bridgehead atoms. The van der Waals surface area contributed by atoms with Crippen molar-refractivity contribution in [2.24, 2.45) is 11.8 Å². The van der Waals surface area contributed by atoms with Crippen LogP contribution in [0, 0.1) is 23.2 Å². The molecule has 1 amide bonds. The maximum absolute atomic E-state index is 13.7.